The lowest BCUT2D eigenvalue weighted by Gasteiger charge is -2.08. The normalized spacial score (nSPS) is 11.9. The van der Waals surface area contributed by atoms with Crippen LogP contribution in [0.5, 0.6) is 0 Å². The fourth-order valence-corrected chi connectivity index (χ4v) is 0.851. The van der Waals surface area contributed by atoms with Crippen LogP contribution in [0.15, 0.2) is 0 Å². The van der Waals surface area contributed by atoms with Gasteiger partial charge >= 0.3 is 5.97 Å². The minimum absolute atomic E-state index is 0.153. The number of carbonyl (C=O) groups excluding carboxylic acids is 2. The molecule has 0 aliphatic rings. The van der Waals surface area contributed by atoms with Crippen molar-refractivity contribution in [1.29, 1.82) is 0 Å². The van der Waals surface area contributed by atoms with E-state index < -0.39 is 12.0 Å². The van der Waals surface area contributed by atoms with E-state index in [1.807, 2.05) is 0 Å². The van der Waals surface area contributed by atoms with Gasteiger partial charge in [-0.05, 0) is 6.92 Å². The van der Waals surface area contributed by atoms with E-state index >= 15 is 0 Å². The van der Waals surface area contributed by atoms with Crippen LogP contribution >= 0.6 is 23.0 Å². The molecule has 1 amide bonds. The van der Waals surface area contributed by atoms with Crippen molar-refractivity contribution >= 4 is 34.9 Å². The van der Waals surface area contributed by atoms with E-state index in [9.17, 15) is 9.59 Å². The first-order valence-electron chi connectivity index (χ1n) is 3.23. The summed E-state index contributed by atoms with van der Waals surface area (Å²) in [5.41, 5.74) is 0. The van der Waals surface area contributed by atoms with Gasteiger partial charge in [0, 0.05) is 6.42 Å². The van der Waals surface area contributed by atoms with Crippen LogP contribution in [0.4, 0.5) is 0 Å². The zero-order valence-corrected chi connectivity index (χ0v) is 8.54. The molecular weight excluding hydrogens is 261 g/mol. The quantitative estimate of drug-likeness (QED) is 0.772. The van der Waals surface area contributed by atoms with Crippen LogP contribution in [0.1, 0.15) is 20.3 Å². The average molecular weight is 271 g/mol. The molecule has 1 atom stereocenters. The van der Waals surface area contributed by atoms with Crippen molar-refractivity contribution in [2.45, 2.75) is 26.3 Å². The van der Waals surface area contributed by atoms with Crippen molar-refractivity contribution in [1.82, 2.24) is 5.32 Å². The molecule has 1 N–H and O–H groups in total. The summed E-state index contributed by atoms with van der Waals surface area (Å²) in [6.07, 6.45) is 0.374. The van der Waals surface area contributed by atoms with Crippen LogP contribution in [-0.4, -0.2) is 17.9 Å². The second-order valence-electron chi connectivity index (χ2n) is 2.04. The summed E-state index contributed by atoms with van der Waals surface area (Å²) in [5.74, 6) is -0.591. The summed E-state index contributed by atoms with van der Waals surface area (Å²) in [6.45, 7) is 3.30. The predicted molar refractivity (Wildman–Crippen MR) is 48.0 cm³/mol. The van der Waals surface area contributed by atoms with Crippen molar-refractivity contribution in [2.24, 2.45) is 0 Å². The van der Waals surface area contributed by atoms with E-state index in [4.69, 9.17) is 0 Å². The van der Waals surface area contributed by atoms with E-state index in [1.165, 1.54) is 23.0 Å². The van der Waals surface area contributed by atoms with Crippen molar-refractivity contribution in [3.8, 4) is 0 Å². The third kappa shape index (κ3) is 4.18. The summed E-state index contributed by atoms with van der Waals surface area (Å²) in [4.78, 5) is 21.4. The second kappa shape index (κ2) is 5.34. The van der Waals surface area contributed by atoms with Crippen LogP contribution in [-0.2, 0) is 12.7 Å². The molecule has 0 aromatic carbocycles. The number of rotatable bonds is 3. The number of halogens is 1. The van der Waals surface area contributed by atoms with Gasteiger partial charge in [0.15, 0.2) is 23.0 Å². The molecule has 0 aromatic rings. The molecule has 0 aliphatic heterocycles. The minimum Gasteiger partial charge on any atom is -0.393 e. The van der Waals surface area contributed by atoms with Gasteiger partial charge in [0.2, 0.25) is 5.91 Å². The molecule has 0 heterocycles. The molecule has 0 aromatic heterocycles. The summed E-state index contributed by atoms with van der Waals surface area (Å²) >= 11 is 1.49. The fraction of sp³-hybridized carbons (Fsp3) is 0.667. The number of carbonyl (C=O) groups is 2. The van der Waals surface area contributed by atoms with E-state index in [0.29, 0.717) is 6.42 Å². The Morgan fingerprint density at radius 3 is 2.55 bits per heavy atom. The highest BCUT2D eigenvalue weighted by Gasteiger charge is 2.14. The largest absolute Gasteiger partial charge is 0.393 e. The summed E-state index contributed by atoms with van der Waals surface area (Å²) in [5, 5.41) is 2.46. The van der Waals surface area contributed by atoms with Gasteiger partial charge in [0.05, 0.1) is 0 Å². The summed E-state index contributed by atoms with van der Waals surface area (Å²) in [6, 6.07) is -0.556. The zero-order chi connectivity index (χ0) is 8.85. The first-order chi connectivity index (χ1) is 5.11. The lowest BCUT2D eigenvalue weighted by Crippen LogP contribution is -2.38. The van der Waals surface area contributed by atoms with Gasteiger partial charge in [-0.3, -0.25) is 4.79 Å². The molecule has 0 spiro atoms. The molecule has 0 aliphatic carbocycles. The van der Waals surface area contributed by atoms with E-state index in [0.717, 1.165) is 0 Å². The van der Waals surface area contributed by atoms with Crippen LogP contribution in [0, 0.1) is 0 Å². The van der Waals surface area contributed by atoms with E-state index in [-0.39, 0.29) is 5.91 Å². The predicted octanol–water partition coefficient (Wildman–Crippen LogP) is 0.794. The van der Waals surface area contributed by atoms with E-state index in [2.05, 4.69) is 8.38 Å². The molecule has 0 bridgehead atoms. The molecule has 0 radical (unpaired) electrons. The van der Waals surface area contributed by atoms with Gasteiger partial charge in [-0.1, -0.05) is 6.92 Å². The van der Waals surface area contributed by atoms with Crippen molar-refractivity contribution in [3.05, 3.63) is 0 Å². The monoisotopic (exact) mass is 271 g/mol. The molecule has 4 nitrogen and oxygen atoms in total. The van der Waals surface area contributed by atoms with Crippen LogP contribution in [0.25, 0.3) is 0 Å². The molecule has 0 saturated heterocycles. The van der Waals surface area contributed by atoms with Crippen LogP contribution in [0.3, 0.4) is 0 Å². The maximum absolute atomic E-state index is 10.7. The molecule has 11 heavy (non-hydrogen) atoms. The second-order valence-corrected chi connectivity index (χ2v) is 2.48. The topological polar surface area (TPSA) is 55.4 Å². The maximum atomic E-state index is 10.7. The standard InChI is InChI=1S/C6H10INO3/c1-3-5(9)8-4(2)6(10)11-7/h4H,3H2,1-2H3,(H,8,9). The molecule has 1 unspecified atom stereocenters. The van der Waals surface area contributed by atoms with Gasteiger partial charge in [-0.15, -0.1) is 0 Å². The minimum atomic E-state index is -0.556. The Labute approximate surface area is 79.4 Å². The molecule has 64 valence electrons. The summed E-state index contributed by atoms with van der Waals surface area (Å²) in [7, 11) is 0. The van der Waals surface area contributed by atoms with Gasteiger partial charge in [0.1, 0.15) is 6.04 Å². The van der Waals surface area contributed by atoms with Gasteiger partial charge in [-0.2, -0.15) is 0 Å². The van der Waals surface area contributed by atoms with Crippen molar-refractivity contribution < 1.29 is 12.7 Å². The lowest BCUT2D eigenvalue weighted by atomic mass is 10.3. The van der Waals surface area contributed by atoms with Gasteiger partial charge < -0.3 is 8.38 Å². The van der Waals surface area contributed by atoms with Gasteiger partial charge in [-0.25, -0.2) is 4.79 Å². The highest BCUT2D eigenvalue weighted by molar-refractivity contribution is 14.1. The third-order valence-corrected chi connectivity index (χ3v) is 1.56. The number of amides is 1. The number of hydrogen-bond donors (Lipinski definition) is 1. The van der Waals surface area contributed by atoms with Gasteiger partial charge in [0.25, 0.3) is 0 Å². The fourth-order valence-electron chi connectivity index (χ4n) is 0.469. The number of hydrogen-bond acceptors (Lipinski definition) is 3. The molecule has 0 rings (SSSR count). The highest BCUT2D eigenvalue weighted by Crippen LogP contribution is 1.93. The molecule has 0 fully saturated rings. The Morgan fingerprint density at radius 2 is 2.18 bits per heavy atom. The Hall–Kier alpha value is -0.330. The highest BCUT2D eigenvalue weighted by atomic mass is 127. The van der Waals surface area contributed by atoms with Crippen LogP contribution < -0.4 is 5.32 Å². The average Bonchev–Trinajstić information content (AvgIpc) is 2.02. The zero-order valence-electron chi connectivity index (χ0n) is 6.39. The Morgan fingerprint density at radius 1 is 1.64 bits per heavy atom. The smallest absolute Gasteiger partial charge is 0.337 e. The maximum Gasteiger partial charge on any atom is 0.337 e. The molecule has 0 saturated carbocycles. The lowest BCUT2D eigenvalue weighted by molar-refractivity contribution is -0.136. The Kier molecular flexibility index (Phi) is 5.18. The molecular formula is C6H10INO3. The van der Waals surface area contributed by atoms with Crippen molar-refractivity contribution in [3.63, 3.8) is 0 Å². The number of nitrogens with one attached hydrogen (secondary N) is 1. The first kappa shape index (κ1) is 10.7. The van der Waals surface area contributed by atoms with Crippen molar-refractivity contribution in [2.75, 3.05) is 0 Å². The van der Waals surface area contributed by atoms with Crippen LogP contribution in [0.2, 0.25) is 0 Å². The molecule has 5 heteroatoms. The SMILES string of the molecule is CCC(=O)NC(C)C(=O)OI. The van der Waals surface area contributed by atoms with E-state index in [1.54, 1.807) is 13.8 Å². The summed E-state index contributed by atoms with van der Waals surface area (Å²) < 4.78 is 4.37. The Balaban J connectivity index is 3.77. The first-order valence-corrected chi connectivity index (χ1v) is 4.11. The Bertz CT molecular complexity index is 160. The third-order valence-electron chi connectivity index (χ3n) is 1.13.